The normalized spacial score (nSPS) is 27.0. The molecule has 1 aliphatic rings. The molecule has 2 aromatic carbocycles. The average Bonchev–Trinajstić information content (AvgIpc) is 2.72. The van der Waals surface area contributed by atoms with Gasteiger partial charge in [-0.15, -0.1) is 0 Å². The SMILES string of the molecule is CO[C@H]1[C@@H](OC(=O)c2ccccc2)[C@@H](O)O[C@H](C)[C@H]1OC(=O)c1ccccc1. The van der Waals surface area contributed by atoms with Gasteiger partial charge < -0.3 is 24.1 Å². The highest BCUT2D eigenvalue weighted by molar-refractivity contribution is 5.90. The molecule has 0 unspecified atom stereocenters. The maximum Gasteiger partial charge on any atom is 0.338 e. The Labute approximate surface area is 162 Å². The summed E-state index contributed by atoms with van der Waals surface area (Å²) >= 11 is 0. The van der Waals surface area contributed by atoms with Gasteiger partial charge in [-0.3, -0.25) is 0 Å². The molecule has 1 saturated heterocycles. The maximum atomic E-state index is 12.4. The number of esters is 2. The van der Waals surface area contributed by atoms with E-state index in [1.165, 1.54) is 7.11 Å². The van der Waals surface area contributed by atoms with E-state index in [0.29, 0.717) is 11.1 Å². The standard InChI is InChI=1S/C21H22O7/c1-13-16(27-19(22)14-9-5-3-6-10-14)17(25-2)18(21(24)26-13)28-20(23)15-11-7-4-8-12-15/h3-13,16-18,21,24H,1-2H3/t13-,16-,17-,18-,21+/m1/s1. The first-order valence-corrected chi connectivity index (χ1v) is 8.89. The van der Waals surface area contributed by atoms with Crippen molar-refractivity contribution in [1.82, 2.24) is 0 Å². The lowest BCUT2D eigenvalue weighted by Crippen LogP contribution is -2.60. The Morgan fingerprint density at radius 2 is 1.29 bits per heavy atom. The average molecular weight is 386 g/mol. The summed E-state index contributed by atoms with van der Waals surface area (Å²) in [6.45, 7) is 1.65. The van der Waals surface area contributed by atoms with Gasteiger partial charge in [-0.25, -0.2) is 9.59 Å². The molecule has 0 spiro atoms. The summed E-state index contributed by atoms with van der Waals surface area (Å²) in [5, 5.41) is 10.3. The summed E-state index contributed by atoms with van der Waals surface area (Å²) in [7, 11) is 1.39. The third kappa shape index (κ3) is 4.39. The molecule has 0 amide bonds. The lowest BCUT2D eigenvalue weighted by atomic mass is 9.99. The van der Waals surface area contributed by atoms with Gasteiger partial charge in [-0.2, -0.15) is 0 Å². The summed E-state index contributed by atoms with van der Waals surface area (Å²) in [4.78, 5) is 24.8. The molecule has 1 N–H and O–H groups in total. The Balaban J connectivity index is 1.77. The fourth-order valence-electron chi connectivity index (χ4n) is 3.08. The number of aliphatic hydroxyl groups is 1. The molecular formula is C21H22O7. The van der Waals surface area contributed by atoms with Crippen molar-refractivity contribution < 1.29 is 33.6 Å². The van der Waals surface area contributed by atoms with Gasteiger partial charge in [-0.1, -0.05) is 36.4 Å². The number of methoxy groups -OCH3 is 1. The van der Waals surface area contributed by atoms with Crippen LogP contribution in [0.25, 0.3) is 0 Å². The summed E-state index contributed by atoms with van der Waals surface area (Å²) in [6.07, 6.45) is -5.03. The van der Waals surface area contributed by atoms with E-state index in [2.05, 4.69) is 0 Å². The Bertz CT molecular complexity index is 727. The smallest absolute Gasteiger partial charge is 0.338 e. The molecule has 0 aromatic heterocycles. The molecule has 0 radical (unpaired) electrons. The molecule has 1 heterocycles. The second kappa shape index (κ2) is 8.97. The number of benzene rings is 2. The zero-order chi connectivity index (χ0) is 20.1. The molecule has 28 heavy (non-hydrogen) atoms. The molecular weight excluding hydrogens is 364 g/mol. The number of rotatable bonds is 5. The van der Waals surface area contributed by atoms with Crippen LogP contribution in [0.1, 0.15) is 27.6 Å². The van der Waals surface area contributed by atoms with Crippen molar-refractivity contribution in [2.45, 2.75) is 37.6 Å². The van der Waals surface area contributed by atoms with Crippen LogP contribution in [-0.2, 0) is 18.9 Å². The minimum Gasteiger partial charge on any atom is -0.453 e. The summed E-state index contributed by atoms with van der Waals surface area (Å²) in [6, 6.07) is 16.8. The van der Waals surface area contributed by atoms with E-state index < -0.39 is 42.6 Å². The monoisotopic (exact) mass is 386 g/mol. The van der Waals surface area contributed by atoms with Gasteiger partial charge in [0.2, 0.25) is 0 Å². The van der Waals surface area contributed by atoms with Crippen molar-refractivity contribution in [1.29, 1.82) is 0 Å². The zero-order valence-corrected chi connectivity index (χ0v) is 15.6. The molecule has 7 nitrogen and oxygen atoms in total. The van der Waals surface area contributed by atoms with Gasteiger partial charge >= 0.3 is 11.9 Å². The molecule has 2 aromatic rings. The lowest BCUT2D eigenvalue weighted by molar-refractivity contribution is -0.280. The van der Waals surface area contributed by atoms with Gasteiger partial charge in [0.05, 0.1) is 17.2 Å². The van der Waals surface area contributed by atoms with Crippen LogP contribution in [0.3, 0.4) is 0 Å². The predicted molar refractivity (Wildman–Crippen MR) is 98.6 cm³/mol. The van der Waals surface area contributed by atoms with Gasteiger partial charge in [0.25, 0.3) is 0 Å². The minimum absolute atomic E-state index is 0.320. The first-order valence-electron chi connectivity index (χ1n) is 8.89. The number of carbonyl (C=O) groups is 2. The van der Waals surface area contributed by atoms with E-state index >= 15 is 0 Å². The number of hydrogen-bond donors (Lipinski definition) is 1. The number of aliphatic hydroxyl groups excluding tert-OH is 1. The number of ether oxygens (including phenoxy) is 4. The summed E-state index contributed by atoms with van der Waals surface area (Å²) in [5.74, 6) is -1.20. The molecule has 5 atom stereocenters. The third-order valence-electron chi connectivity index (χ3n) is 4.52. The van der Waals surface area contributed by atoms with Gasteiger partial charge in [0, 0.05) is 7.11 Å². The molecule has 3 rings (SSSR count). The van der Waals surface area contributed by atoms with Crippen molar-refractivity contribution in [3.8, 4) is 0 Å². The van der Waals surface area contributed by atoms with Crippen molar-refractivity contribution in [2.24, 2.45) is 0 Å². The van der Waals surface area contributed by atoms with Crippen LogP contribution in [0.2, 0.25) is 0 Å². The summed E-state index contributed by atoms with van der Waals surface area (Å²) < 4.78 is 21.9. The highest BCUT2D eigenvalue weighted by atomic mass is 16.7. The fraction of sp³-hybridized carbons (Fsp3) is 0.333. The minimum atomic E-state index is -1.42. The van der Waals surface area contributed by atoms with Crippen molar-refractivity contribution in [2.75, 3.05) is 7.11 Å². The van der Waals surface area contributed by atoms with E-state index in [4.69, 9.17) is 18.9 Å². The van der Waals surface area contributed by atoms with Crippen molar-refractivity contribution in [3.05, 3.63) is 71.8 Å². The molecule has 0 saturated carbocycles. The highest BCUT2D eigenvalue weighted by Gasteiger charge is 2.48. The van der Waals surface area contributed by atoms with Gasteiger partial charge in [0.1, 0.15) is 6.10 Å². The largest absolute Gasteiger partial charge is 0.453 e. The van der Waals surface area contributed by atoms with Gasteiger partial charge in [0.15, 0.2) is 18.5 Å². The lowest BCUT2D eigenvalue weighted by Gasteiger charge is -2.42. The topological polar surface area (TPSA) is 91.3 Å². The van der Waals surface area contributed by atoms with Crippen LogP contribution < -0.4 is 0 Å². The zero-order valence-electron chi connectivity index (χ0n) is 15.6. The summed E-state index contributed by atoms with van der Waals surface area (Å²) in [5.41, 5.74) is 0.689. The van der Waals surface area contributed by atoms with E-state index in [1.807, 2.05) is 0 Å². The van der Waals surface area contributed by atoms with Crippen LogP contribution in [0.4, 0.5) is 0 Å². The first-order chi connectivity index (χ1) is 13.5. The first kappa shape index (κ1) is 20.0. The molecule has 1 aliphatic heterocycles. The molecule has 1 fully saturated rings. The van der Waals surface area contributed by atoms with E-state index in [-0.39, 0.29) is 0 Å². The second-order valence-corrected chi connectivity index (χ2v) is 6.40. The highest BCUT2D eigenvalue weighted by Crippen LogP contribution is 2.28. The fourth-order valence-corrected chi connectivity index (χ4v) is 3.08. The van der Waals surface area contributed by atoms with Crippen molar-refractivity contribution >= 4 is 11.9 Å². The van der Waals surface area contributed by atoms with Crippen LogP contribution in [0.5, 0.6) is 0 Å². The van der Waals surface area contributed by atoms with Crippen LogP contribution in [-0.4, -0.2) is 54.9 Å². The third-order valence-corrected chi connectivity index (χ3v) is 4.52. The van der Waals surface area contributed by atoms with E-state index in [1.54, 1.807) is 67.6 Å². The molecule has 0 aliphatic carbocycles. The van der Waals surface area contributed by atoms with Crippen LogP contribution in [0, 0.1) is 0 Å². The number of hydrogen-bond acceptors (Lipinski definition) is 7. The van der Waals surface area contributed by atoms with E-state index in [9.17, 15) is 14.7 Å². The Hall–Kier alpha value is -2.74. The predicted octanol–water partition coefficient (Wildman–Crippen LogP) is 2.19. The Morgan fingerprint density at radius 3 is 1.75 bits per heavy atom. The van der Waals surface area contributed by atoms with E-state index in [0.717, 1.165) is 0 Å². The maximum absolute atomic E-state index is 12.4. The molecule has 0 bridgehead atoms. The molecule has 7 heteroatoms. The second-order valence-electron chi connectivity index (χ2n) is 6.40. The number of carbonyl (C=O) groups excluding carboxylic acids is 2. The van der Waals surface area contributed by atoms with Crippen LogP contribution >= 0.6 is 0 Å². The Morgan fingerprint density at radius 1 is 0.821 bits per heavy atom. The van der Waals surface area contributed by atoms with Crippen molar-refractivity contribution in [3.63, 3.8) is 0 Å². The molecule has 148 valence electrons. The van der Waals surface area contributed by atoms with Crippen LogP contribution in [0.15, 0.2) is 60.7 Å². The van der Waals surface area contributed by atoms with Gasteiger partial charge in [-0.05, 0) is 31.2 Å². The Kier molecular flexibility index (Phi) is 6.41. The quantitative estimate of drug-likeness (QED) is 0.788.